The van der Waals surface area contributed by atoms with Gasteiger partial charge in [-0.15, -0.1) is 0 Å². The molecule has 1 aliphatic carbocycles. The van der Waals surface area contributed by atoms with E-state index in [-0.39, 0.29) is 11.8 Å². The second-order valence-corrected chi connectivity index (χ2v) is 7.70. The zero-order chi connectivity index (χ0) is 13.9. The summed E-state index contributed by atoms with van der Waals surface area (Å²) in [6, 6.07) is 9.59. The largest absolute Gasteiger partial charge is 0.218 e. The molecule has 0 saturated heterocycles. The molecule has 0 bridgehead atoms. The van der Waals surface area contributed by atoms with E-state index >= 15 is 0 Å². The van der Waals surface area contributed by atoms with Crippen LogP contribution in [0.15, 0.2) is 30.3 Å². The summed E-state index contributed by atoms with van der Waals surface area (Å²) in [6.45, 7) is 2.24. The van der Waals surface area contributed by atoms with Gasteiger partial charge in [0.15, 0.2) is 0 Å². The quantitative estimate of drug-likeness (QED) is 0.850. The van der Waals surface area contributed by atoms with Crippen molar-refractivity contribution in [3.8, 4) is 0 Å². The topological polar surface area (TPSA) is 37.4 Å². The maximum absolute atomic E-state index is 12.4. The fourth-order valence-corrected chi connectivity index (χ4v) is 4.20. The summed E-state index contributed by atoms with van der Waals surface area (Å²) in [7, 11) is -1.46. The fraction of sp³-hybridized carbons (Fsp3) is 0.600. The van der Waals surface area contributed by atoms with E-state index in [1.807, 2.05) is 30.3 Å². The van der Waals surface area contributed by atoms with Crippen LogP contribution in [0.4, 0.5) is 0 Å². The van der Waals surface area contributed by atoms with Crippen molar-refractivity contribution in [2.24, 2.45) is 5.92 Å². The highest BCUT2D eigenvalue weighted by Gasteiger charge is 2.29. The molecule has 1 aromatic carbocycles. The van der Waals surface area contributed by atoms with Gasteiger partial charge in [0.05, 0.1) is 5.75 Å². The Bertz CT molecular complexity index is 490. The second-order valence-electron chi connectivity index (χ2n) is 5.67. The average molecular weight is 281 g/mol. The van der Waals surface area contributed by atoms with Gasteiger partial charge < -0.3 is 0 Å². The molecule has 0 amide bonds. The first-order chi connectivity index (χ1) is 8.99. The van der Waals surface area contributed by atoms with Gasteiger partial charge in [0.25, 0.3) is 0 Å². The van der Waals surface area contributed by atoms with Gasteiger partial charge in [-0.1, -0.05) is 37.3 Å². The van der Waals surface area contributed by atoms with E-state index < -0.39 is 10.0 Å². The minimum atomic E-state index is -3.20. The van der Waals surface area contributed by atoms with Crippen molar-refractivity contribution in [2.75, 3.05) is 7.05 Å². The molecule has 1 aromatic rings. The van der Waals surface area contributed by atoms with Crippen LogP contribution in [0.3, 0.4) is 0 Å². The van der Waals surface area contributed by atoms with Gasteiger partial charge in [-0.25, -0.2) is 12.7 Å². The Labute approximate surface area is 116 Å². The molecule has 0 spiro atoms. The molecular formula is C15H23NO2S. The molecule has 0 aliphatic heterocycles. The third-order valence-corrected chi connectivity index (χ3v) is 6.00. The Hall–Kier alpha value is -0.870. The maximum atomic E-state index is 12.4. The van der Waals surface area contributed by atoms with Crippen molar-refractivity contribution in [1.82, 2.24) is 4.31 Å². The second kappa shape index (κ2) is 6.06. The smallest absolute Gasteiger partial charge is 0.212 e. The summed E-state index contributed by atoms with van der Waals surface area (Å²) in [6.07, 6.45) is 4.25. The lowest BCUT2D eigenvalue weighted by molar-refractivity contribution is 0.246. The van der Waals surface area contributed by atoms with Crippen molar-refractivity contribution in [2.45, 2.75) is 44.4 Å². The molecule has 0 unspecified atom stereocenters. The molecule has 0 aromatic heterocycles. The molecule has 1 aliphatic rings. The average Bonchev–Trinajstić information content (AvgIpc) is 2.39. The van der Waals surface area contributed by atoms with Crippen LogP contribution in [0.1, 0.15) is 38.2 Å². The highest BCUT2D eigenvalue weighted by molar-refractivity contribution is 7.88. The summed E-state index contributed by atoms with van der Waals surface area (Å²) in [5, 5.41) is 0. The first kappa shape index (κ1) is 14.5. The van der Waals surface area contributed by atoms with Gasteiger partial charge in [-0.05, 0) is 37.2 Å². The van der Waals surface area contributed by atoms with Crippen LogP contribution < -0.4 is 0 Å². The first-order valence-electron chi connectivity index (χ1n) is 6.98. The number of hydrogen-bond donors (Lipinski definition) is 0. The van der Waals surface area contributed by atoms with Gasteiger partial charge in [0, 0.05) is 13.1 Å². The van der Waals surface area contributed by atoms with Crippen LogP contribution in [-0.4, -0.2) is 25.8 Å². The summed E-state index contributed by atoms with van der Waals surface area (Å²) in [5.74, 6) is 0.845. The predicted octanol–water partition coefficient (Wildman–Crippen LogP) is 3.03. The number of sulfonamides is 1. The minimum Gasteiger partial charge on any atom is -0.212 e. The first-order valence-corrected chi connectivity index (χ1v) is 8.59. The van der Waals surface area contributed by atoms with Gasteiger partial charge in [0.2, 0.25) is 10.0 Å². The molecule has 106 valence electrons. The molecule has 19 heavy (non-hydrogen) atoms. The Morgan fingerprint density at radius 2 is 1.68 bits per heavy atom. The van der Waals surface area contributed by atoms with E-state index in [0.29, 0.717) is 0 Å². The molecular weight excluding hydrogens is 258 g/mol. The van der Waals surface area contributed by atoms with Gasteiger partial charge in [-0.3, -0.25) is 0 Å². The lowest BCUT2D eigenvalue weighted by Crippen LogP contribution is -2.39. The van der Waals surface area contributed by atoms with Gasteiger partial charge >= 0.3 is 0 Å². The molecule has 0 N–H and O–H groups in total. The van der Waals surface area contributed by atoms with Crippen molar-refractivity contribution >= 4 is 10.0 Å². The van der Waals surface area contributed by atoms with Crippen molar-refractivity contribution in [1.29, 1.82) is 0 Å². The third-order valence-electron chi connectivity index (χ3n) is 4.13. The molecule has 2 rings (SSSR count). The minimum absolute atomic E-state index is 0.108. The zero-order valence-electron chi connectivity index (χ0n) is 11.7. The molecule has 0 heterocycles. The molecule has 1 fully saturated rings. The van der Waals surface area contributed by atoms with Gasteiger partial charge in [0.1, 0.15) is 0 Å². The van der Waals surface area contributed by atoms with Crippen LogP contribution in [0.2, 0.25) is 0 Å². The highest BCUT2D eigenvalue weighted by atomic mass is 32.2. The van der Waals surface area contributed by atoms with Crippen LogP contribution in [-0.2, 0) is 15.8 Å². The molecule has 0 radical (unpaired) electrons. The zero-order valence-corrected chi connectivity index (χ0v) is 12.6. The summed E-state index contributed by atoms with van der Waals surface area (Å²) < 4.78 is 26.4. The molecule has 3 nitrogen and oxygen atoms in total. The third kappa shape index (κ3) is 3.80. The summed E-state index contributed by atoms with van der Waals surface area (Å²) in [5.41, 5.74) is 0.860. The van der Waals surface area contributed by atoms with Crippen LogP contribution in [0, 0.1) is 5.92 Å². The molecule has 1 saturated carbocycles. The normalized spacial score (nSPS) is 24.6. The van der Waals surface area contributed by atoms with Crippen molar-refractivity contribution in [3.63, 3.8) is 0 Å². The van der Waals surface area contributed by atoms with Crippen molar-refractivity contribution < 1.29 is 8.42 Å². The number of hydrogen-bond acceptors (Lipinski definition) is 2. The SMILES string of the molecule is CC1CCC(N(C)S(=O)(=O)Cc2ccccc2)CC1. The van der Waals surface area contributed by atoms with E-state index in [0.717, 1.165) is 37.2 Å². The number of nitrogens with zero attached hydrogens (tertiary/aromatic N) is 1. The molecule has 0 atom stereocenters. The summed E-state index contributed by atoms with van der Waals surface area (Å²) >= 11 is 0. The monoisotopic (exact) mass is 281 g/mol. The Morgan fingerprint density at radius 3 is 2.26 bits per heavy atom. The lowest BCUT2D eigenvalue weighted by atomic mass is 9.87. The van der Waals surface area contributed by atoms with E-state index in [2.05, 4.69) is 6.92 Å². The molecule has 4 heteroatoms. The maximum Gasteiger partial charge on any atom is 0.218 e. The van der Waals surface area contributed by atoms with E-state index in [1.165, 1.54) is 0 Å². The van der Waals surface area contributed by atoms with Crippen LogP contribution in [0.5, 0.6) is 0 Å². The standard InChI is InChI=1S/C15H23NO2S/c1-13-8-10-15(11-9-13)16(2)19(17,18)12-14-6-4-3-5-7-14/h3-7,13,15H,8-12H2,1-2H3. The van der Waals surface area contributed by atoms with E-state index in [9.17, 15) is 8.42 Å². The Morgan fingerprint density at radius 1 is 1.11 bits per heavy atom. The van der Waals surface area contributed by atoms with Crippen molar-refractivity contribution in [3.05, 3.63) is 35.9 Å². The Kier molecular flexibility index (Phi) is 4.63. The number of benzene rings is 1. The van der Waals surface area contributed by atoms with E-state index in [1.54, 1.807) is 11.4 Å². The highest BCUT2D eigenvalue weighted by Crippen LogP contribution is 2.28. The predicted molar refractivity (Wildman–Crippen MR) is 78.2 cm³/mol. The fourth-order valence-electron chi connectivity index (χ4n) is 2.72. The number of rotatable bonds is 4. The van der Waals surface area contributed by atoms with Crippen LogP contribution in [0.25, 0.3) is 0 Å². The summed E-state index contributed by atoms with van der Waals surface area (Å²) in [4.78, 5) is 0. The van der Waals surface area contributed by atoms with Gasteiger partial charge in [-0.2, -0.15) is 0 Å². The van der Waals surface area contributed by atoms with E-state index in [4.69, 9.17) is 0 Å². The van der Waals surface area contributed by atoms with Crippen LogP contribution >= 0.6 is 0 Å². The lowest BCUT2D eigenvalue weighted by Gasteiger charge is -2.32. The Balaban J connectivity index is 2.03.